The molecule has 0 saturated heterocycles. The smallest absolute Gasteiger partial charge is 0.341 e. The molecule has 28 heavy (non-hydrogen) atoms. The van der Waals surface area contributed by atoms with E-state index in [1.165, 1.54) is 18.0 Å². The summed E-state index contributed by atoms with van der Waals surface area (Å²) in [5.74, 6) is -0.449. The molecule has 1 aromatic carbocycles. The number of rotatable bonds is 7. The van der Waals surface area contributed by atoms with Gasteiger partial charge in [-0.25, -0.2) is 9.78 Å². The van der Waals surface area contributed by atoms with Gasteiger partial charge in [0, 0.05) is 11.1 Å². The molecule has 6 nitrogen and oxygen atoms in total. The molecule has 0 unspecified atom stereocenters. The van der Waals surface area contributed by atoms with Crippen molar-refractivity contribution in [3.05, 3.63) is 77.3 Å². The van der Waals surface area contributed by atoms with E-state index in [0.717, 1.165) is 4.90 Å². The molecular formula is C20H17ClN2O4S. The van der Waals surface area contributed by atoms with Crippen molar-refractivity contribution in [2.75, 3.05) is 6.61 Å². The molecule has 0 aliphatic rings. The van der Waals surface area contributed by atoms with Gasteiger partial charge in [0.25, 0.3) is 5.91 Å². The highest BCUT2D eigenvalue weighted by Gasteiger charge is 2.18. The van der Waals surface area contributed by atoms with Gasteiger partial charge in [-0.05, 0) is 43.3 Å². The number of pyridine rings is 1. The molecular weight excluding hydrogens is 400 g/mol. The minimum absolute atomic E-state index is 0.263. The van der Waals surface area contributed by atoms with E-state index < -0.39 is 18.5 Å². The third kappa shape index (κ3) is 5.15. The van der Waals surface area contributed by atoms with E-state index in [-0.39, 0.29) is 11.6 Å². The zero-order valence-electron chi connectivity index (χ0n) is 14.9. The van der Waals surface area contributed by atoms with E-state index in [4.69, 9.17) is 20.8 Å². The first kappa shape index (κ1) is 20.0. The molecule has 0 saturated carbocycles. The Kier molecular flexibility index (Phi) is 6.73. The minimum atomic E-state index is -0.636. The summed E-state index contributed by atoms with van der Waals surface area (Å²) in [6, 6.07) is 13.6. The van der Waals surface area contributed by atoms with Gasteiger partial charge in [0.15, 0.2) is 6.61 Å². The Labute approximate surface area is 171 Å². The van der Waals surface area contributed by atoms with E-state index in [1.54, 1.807) is 43.5 Å². The average molecular weight is 417 g/mol. The van der Waals surface area contributed by atoms with Gasteiger partial charge in [-0.3, -0.25) is 4.79 Å². The molecule has 0 bridgehead atoms. The van der Waals surface area contributed by atoms with Crippen LogP contribution in [0.2, 0.25) is 5.02 Å². The van der Waals surface area contributed by atoms with Crippen LogP contribution in [0.4, 0.5) is 0 Å². The van der Waals surface area contributed by atoms with Crippen molar-refractivity contribution in [1.82, 2.24) is 10.3 Å². The SMILES string of the molecule is C[C@H](NC(=O)COC(=O)c1cccnc1Sc1ccccc1Cl)c1ccco1. The van der Waals surface area contributed by atoms with E-state index in [2.05, 4.69) is 10.3 Å². The standard InChI is InChI=1S/C20H17ClN2O4S/c1-13(16-8-5-11-26-16)23-18(24)12-27-20(25)14-6-4-10-22-19(14)28-17-9-3-2-7-15(17)21/h2-11,13H,12H2,1H3,(H,23,24)/t13-/m0/s1. The number of hydrogen-bond acceptors (Lipinski definition) is 6. The van der Waals surface area contributed by atoms with E-state index in [0.29, 0.717) is 15.8 Å². The summed E-state index contributed by atoms with van der Waals surface area (Å²) < 4.78 is 10.4. The Morgan fingerprint density at radius 2 is 2.04 bits per heavy atom. The second-order valence-electron chi connectivity index (χ2n) is 5.77. The van der Waals surface area contributed by atoms with Crippen LogP contribution in [0.3, 0.4) is 0 Å². The van der Waals surface area contributed by atoms with Gasteiger partial charge in [0.1, 0.15) is 10.8 Å². The topological polar surface area (TPSA) is 81.4 Å². The van der Waals surface area contributed by atoms with Crippen LogP contribution in [-0.2, 0) is 9.53 Å². The van der Waals surface area contributed by atoms with Crippen molar-refractivity contribution in [2.24, 2.45) is 0 Å². The van der Waals surface area contributed by atoms with Gasteiger partial charge < -0.3 is 14.5 Å². The fourth-order valence-electron chi connectivity index (χ4n) is 2.36. The lowest BCUT2D eigenvalue weighted by Crippen LogP contribution is -2.31. The monoisotopic (exact) mass is 416 g/mol. The van der Waals surface area contributed by atoms with Crippen molar-refractivity contribution in [3.63, 3.8) is 0 Å². The predicted octanol–water partition coefficient (Wildman–Crippen LogP) is 4.51. The molecule has 0 fully saturated rings. The minimum Gasteiger partial charge on any atom is -0.467 e. The zero-order chi connectivity index (χ0) is 19.9. The number of halogens is 1. The first-order valence-electron chi connectivity index (χ1n) is 8.42. The quantitative estimate of drug-likeness (QED) is 0.570. The largest absolute Gasteiger partial charge is 0.467 e. The molecule has 1 atom stereocenters. The molecule has 3 rings (SSSR count). The number of aromatic nitrogens is 1. The number of ether oxygens (including phenoxy) is 1. The average Bonchev–Trinajstić information content (AvgIpc) is 3.23. The number of furan rings is 1. The Balaban J connectivity index is 1.61. The van der Waals surface area contributed by atoms with Crippen LogP contribution in [0.1, 0.15) is 29.1 Å². The maximum atomic E-state index is 12.5. The van der Waals surface area contributed by atoms with Gasteiger partial charge in [-0.15, -0.1) is 0 Å². The van der Waals surface area contributed by atoms with Gasteiger partial charge in [0.05, 0.1) is 22.9 Å². The molecule has 144 valence electrons. The lowest BCUT2D eigenvalue weighted by atomic mass is 10.2. The highest BCUT2D eigenvalue weighted by Crippen LogP contribution is 2.33. The first-order chi connectivity index (χ1) is 13.5. The molecule has 0 radical (unpaired) electrons. The second kappa shape index (κ2) is 9.43. The third-order valence-electron chi connectivity index (χ3n) is 3.72. The van der Waals surface area contributed by atoms with Crippen LogP contribution in [0.25, 0.3) is 0 Å². The molecule has 2 heterocycles. The number of carbonyl (C=O) groups is 2. The Morgan fingerprint density at radius 1 is 1.21 bits per heavy atom. The molecule has 1 N–H and O–H groups in total. The highest BCUT2D eigenvalue weighted by atomic mass is 35.5. The second-order valence-corrected chi connectivity index (χ2v) is 7.21. The van der Waals surface area contributed by atoms with Crippen molar-refractivity contribution >= 4 is 35.2 Å². The summed E-state index contributed by atoms with van der Waals surface area (Å²) in [6.07, 6.45) is 3.10. The normalized spacial score (nSPS) is 11.6. The molecule has 0 aliphatic carbocycles. The molecule has 0 aliphatic heterocycles. The maximum absolute atomic E-state index is 12.5. The van der Waals surface area contributed by atoms with Crippen LogP contribution in [0.15, 0.2) is 75.3 Å². The summed E-state index contributed by atoms with van der Waals surface area (Å²) in [7, 11) is 0. The summed E-state index contributed by atoms with van der Waals surface area (Å²) >= 11 is 7.43. The van der Waals surface area contributed by atoms with Crippen molar-refractivity contribution in [3.8, 4) is 0 Å². The molecule has 3 aromatic rings. The van der Waals surface area contributed by atoms with Crippen LogP contribution in [0.5, 0.6) is 0 Å². The lowest BCUT2D eigenvalue weighted by Gasteiger charge is -2.12. The van der Waals surface area contributed by atoms with E-state index >= 15 is 0 Å². The Morgan fingerprint density at radius 3 is 2.79 bits per heavy atom. The van der Waals surface area contributed by atoms with Crippen molar-refractivity contribution < 1.29 is 18.7 Å². The summed E-state index contributed by atoms with van der Waals surface area (Å²) in [5.41, 5.74) is 0.263. The summed E-state index contributed by atoms with van der Waals surface area (Å²) in [4.78, 5) is 29.5. The number of nitrogens with one attached hydrogen (secondary N) is 1. The van der Waals surface area contributed by atoms with Crippen LogP contribution >= 0.6 is 23.4 Å². The van der Waals surface area contributed by atoms with Gasteiger partial charge in [0.2, 0.25) is 0 Å². The van der Waals surface area contributed by atoms with Gasteiger partial charge in [-0.1, -0.05) is 35.5 Å². The number of benzene rings is 1. The predicted molar refractivity (Wildman–Crippen MR) is 105 cm³/mol. The fourth-order valence-corrected chi connectivity index (χ4v) is 3.51. The summed E-state index contributed by atoms with van der Waals surface area (Å²) in [6.45, 7) is 1.37. The van der Waals surface area contributed by atoms with Gasteiger partial charge in [-0.2, -0.15) is 0 Å². The first-order valence-corrected chi connectivity index (χ1v) is 9.61. The van der Waals surface area contributed by atoms with Crippen molar-refractivity contribution in [1.29, 1.82) is 0 Å². The number of hydrogen-bond donors (Lipinski definition) is 1. The molecule has 8 heteroatoms. The molecule has 2 aromatic heterocycles. The molecule has 0 spiro atoms. The van der Waals surface area contributed by atoms with Crippen molar-refractivity contribution in [2.45, 2.75) is 22.9 Å². The number of esters is 1. The number of nitrogens with zero attached hydrogens (tertiary/aromatic N) is 1. The number of carbonyl (C=O) groups excluding carboxylic acids is 2. The lowest BCUT2D eigenvalue weighted by molar-refractivity contribution is -0.125. The number of amides is 1. The Bertz CT molecular complexity index is 962. The Hall–Kier alpha value is -2.77. The van der Waals surface area contributed by atoms with Crippen LogP contribution in [0, 0.1) is 0 Å². The summed E-state index contributed by atoms with van der Waals surface area (Å²) in [5, 5.41) is 3.71. The maximum Gasteiger partial charge on any atom is 0.341 e. The van der Waals surface area contributed by atoms with Crippen LogP contribution in [-0.4, -0.2) is 23.5 Å². The zero-order valence-corrected chi connectivity index (χ0v) is 16.5. The third-order valence-corrected chi connectivity index (χ3v) is 5.25. The van der Waals surface area contributed by atoms with Crippen LogP contribution < -0.4 is 5.32 Å². The van der Waals surface area contributed by atoms with Gasteiger partial charge >= 0.3 is 5.97 Å². The van der Waals surface area contributed by atoms with E-state index in [9.17, 15) is 9.59 Å². The molecule has 1 amide bonds. The highest BCUT2D eigenvalue weighted by molar-refractivity contribution is 7.99. The van der Waals surface area contributed by atoms with E-state index in [1.807, 2.05) is 18.2 Å². The fraction of sp³-hybridized carbons (Fsp3) is 0.150.